The van der Waals surface area contributed by atoms with Gasteiger partial charge in [0.1, 0.15) is 0 Å². The molecule has 0 bridgehead atoms. The molecule has 0 aromatic heterocycles. The van der Waals surface area contributed by atoms with Gasteiger partial charge in [0.2, 0.25) is 0 Å². The van der Waals surface area contributed by atoms with Crippen LogP contribution in [0.3, 0.4) is 0 Å². The number of carbonyl (C=O) groups is 1. The van der Waals surface area contributed by atoms with Gasteiger partial charge < -0.3 is 14.9 Å². The number of aliphatic hydroxyl groups excluding tert-OH is 2. The van der Waals surface area contributed by atoms with Crippen LogP contribution in [-0.2, 0) is 9.53 Å². The molecule has 0 saturated carbocycles. The lowest BCUT2D eigenvalue weighted by molar-refractivity contribution is -0.138. The zero-order valence-electron chi connectivity index (χ0n) is 11.0. The summed E-state index contributed by atoms with van der Waals surface area (Å²) in [6, 6.07) is 0. The molecule has 0 heterocycles. The summed E-state index contributed by atoms with van der Waals surface area (Å²) < 4.78 is 4.92. The molecule has 2 N–H and O–H groups in total. The highest BCUT2D eigenvalue weighted by Crippen LogP contribution is 2.19. The van der Waals surface area contributed by atoms with Crippen molar-refractivity contribution in [3.63, 3.8) is 0 Å². The second kappa shape index (κ2) is 9.19. The van der Waals surface area contributed by atoms with Crippen molar-refractivity contribution in [3.05, 3.63) is 11.1 Å². The molecule has 0 fully saturated rings. The van der Waals surface area contributed by atoms with E-state index in [4.69, 9.17) is 9.84 Å². The van der Waals surface area contributed by atoms with E-state index in [0.29, 0.717) is 24.2 Å². The van der Waals surface area contributed by atoms with Crippen molar-refractivity contribution < 1.29 is 19.7 Å². The summed E-state index contributed by atoms with van der Waals surface area (Å²) in [5.74, 6) is -0.379. The Bertz CT molecular complexity index is 258. The molecule has 0 aliphatic heterocycles. The normalized spacial score (nSPS) is 14.2. The summed E-state index contributed by atoms with van der Waals surface area (Å²) in [4.78, 5) is 11.6. The fourth-order valence-electron chi connectivity index (χ4n) is 1.64. The minimum atomic E-state index is -0.754. The lowest BCUT2D eigenvalue weighted by Gasteiger charge is -2.17. The van der Waals surface area contributed by atoms with E-state index in [-0.39, 0.29) is 19.0 Å². The topological polar surface area (TPSA) is 66.8 Å². The average molecular weight is 244 g/mol. The van der Waals surface area contributed by atoms with E-state index in [9.17, 15) is 9.90 Å². The van der Waals surface area contributed by atoms with E-state index >= 15 is 0 Å². The first-order valence-corrected chi connectivity index (χ1v) is 6.24. The number of rotatable bonds is 8. The van der Waals surface area contributed by atoms with Crippen molar-refractivity contribution in [1.29, 1.82) is 0 Å². The molecule has 0 amide bonds. The number of aliphatic hydroxyl groups is 2. The van der Waals surface area contributed by atoms with Crippen LogP contribution >= 0.6 is 0 Å². The maximum absolute atomic E-state index is 11.6. The molecule has 1 unspecified atom stereocenters. The lowest BCUT2D eigenvalue weighted by Crippen LogP contribution is -2.18. The molecule has 4 nitrogen and oxygen atoms in total. The fraction of sp³-hybridized carbons (Fsp3) is 0.769. The zero-order chi connectivity index (χ0) is 13.3. The highest BCUT2D eigenvalue weighted by molar-refractivity contribution is 5.88. The first-order valence-electron chi connectivity index (χ1n) is 6.24. The Kier molecular flexibility index (Phi) is 8.72. The lowest BCUT2D eigenvalue weighted by atomic mass is 9.96. The third-order valence-corrected chi connectivity index (χ3v) is 2.67. The molecule has 0 aromatic rings. The van der Waals surface area contributed by atoms with E-state index in [1.807, 2.05) is 0 Å². The van der Waals surface area contributed by atoms with Gasteiger partial charge in [0.25, 0.3) is 0 Å². The van der Waals surface area contributed by atoms with Crippen molar-refractivity contribution in [2.45, 2.75) is 52.6 Å². The van der Waals surface area contributed by atoms with Gasteiger partial charge in [-0.15, -0.1) is 0 Å². The van der Waals surface area contributed by atoms with Crippen LogP contribution in [0.25, 0.3) is 0 Å². The van der Waals surface area contributed by atoms with Crippen molar-refractivity contribution in [2.75, 3.05) is 13.2 Å². The summed E-state index contributed by atoms with van der Waals surface area (Å²) in [5.41, 5.74) is 1.17. The van der Waals surface area contributed by atoms with Crippen molar-refractivity contribution in [2.24, 2.45) is 0 Å². The smallest absolute Gasteiger partial charge is 0.333 e. The van der Waals surface area contributed by atoms with Crippen LogP contribution in [0.1, 0.15) is 46.5 Å². The number of hydrogen-bond acceptors (Lipinski definition) is 4. The van der Waals surface area contributed by atoms with Crippen LogP contribution in [0, 0.1) is 0 Å². The molecule has 0 aliphatic rings. The highest BCUT2D eigenvalue weighted by Gasteiger charge is 2.18. The molecule has 100 valence electrons. The Morgan fingerprint density at radius 3 is 2.47 bits per heavy atom. The van der Waals surface area contributed by atoms with E-state index in [2.05, 4.69) is 6.92 Å². The summed E-state index contributed by atoms with van der Waals surface area (Å²) in [7, 11) is 0. The Balaban J connectivity index is 4.84. The number of unbranched alkanes of at least 4 members (excludes halogenated alkanes) is 1. The third-order valence-electron chi connectivity index (χ3n) is 2.67. The van der Waals surface area contributed by atoms with Crippen LogP contribution in [0.4, 0.5) is 0 Å². The van der Waals surface area contributed by atoms with Crippen LogP contribution in [0.15, 0.2) is 11.1 Å². The molecule has 0 rings (SSSR count). The van der Waals surface area contributed by atoms with Gasteiger partial charge in [-0.2, -0.15) is 0 Å². The van der Waals surface area contributed by atoms with E-state index < -0.39 is 6.10 Å². The quantitative estimate of drug-likeness (QED) is 0.504. The second-order valence-electron chi connectivity index (χ2n) is 4.00. The van der Waals surface area contributed by atoms with Crippen molar-refractivity contribution >= 4 is 5.97 Å². The summed E-state index contributed by atoms with van der Waals surface area (Å²) in [6.45, 7) is 5.71. The Morgan fingerprint density at radius 1 is 1.35 bits per heavy atom. The molecular weight excluding hydrogens is 220 g/mol. The predicted octanol–water partition coefficient (Wildman–Crippen LogP) is 1.80. The van der Waals surface area contributed by atoms with Crippen LogP contribution in [0.2, 0.25) is 0 Å². The summed E-state index contributed by atoms with van der Waals surface area (Å²) >= 11 is 0. The molecule has 0 saturated heterocycles. The van der Waals surface area contributed by atoms with Gasteiger partial charge in [-0.1, -0.05) is 13.3 Å². The van der Waals surface area contributed by atoms with E-state index in [0.717, 1.165) is 12.8 Å². The van der Waals surface area contributed by atoms with Crippen LogP contribution < -0.4 is 0 Å². The summed E-state index contributed by atoms with van der Waals surface area (Å²) in [6.07, 6.45) is 2.08. The maximum atomic E-state index is 11.6. The molecule has 4 heteroatoms. The second-order valence-corrected chi connectivity index (χ2v) is 4.00. The van der Waals surface area contributed by atoms with Gasteiger partial charge in [-0.25, -0.2) is 4.79 Å². The Morgan fingerprint density at radius 2 is 2.00 bits per heavy atom. The van der Waals surface area contributed by atoms with Gasteiger partial charge in [0, 0.05) is 18.6 Å². The molecule has 0 aliphatic carbocycles. The van der Waals surface area contributed by atoms with Gasteiger partial charge in [0.15, 0.2) is 0 Å². The minimum absolute atomic E-state index is 0.0904. The van der Waals surface area contributed by atoms with Crippen LogP contribution in [-0.4, -0.2) is 35.5 Å². The van der Waals surface area contributed by atoms with Crippen LogP contribution in [0.5, 0.6) is 0 Å². The molecule has 17 heavy (non-hydrogen) atoms. The van der Waals surface area contributed by atoms with Crippen molar-refractivity contribution in [1.82, 2.24) is 0 Å². The molecule has 0 aromatic carbocycles. The SMILES string of the molecule is CCCCC(=C(C)C(=O)OCC)C(O)CCO. The number of esters is 1. The average Bonchev–Trinajstić information content (AvgIpc) is 2.30. The fourth-order valence-corrected chi connectivity index (χ4v) is 1.64. The minimum Gasteiger partial charge on any atom is -0.463 e. The number of carbonyl (C=O) groups excluding carboxylic acids is 1. The maximum Gasteiger partial charge on any atom is 0.333 e. The Labute approximate surface area is 103 Å². The largest absolute Gasteiger partial charge is 0.463 e. The van der Waals surface area contributed by atoms with E-state index in [1.54, 1.807) is 13.8 Å². The molecule has 0 spiro atoms. The first kappa shape index (κ1) is 16.1. The molecular formula is C13H24O4. The van der Waals surface area contributed by atoms with Gasteiger partial charge in [0.05, 0.1) is 12.7 Å². The first-order chi connectivity index (χ1) is 8.08. The van der Waals surface area contributed by atoms with Gasteiger partial charge in [-0.3, -0.25) is 0 Å². The number of hydrogen-bond donors (Lipinski definition) is 2. The van der Waals surface area contributed by atoms with E-state index in [1.165, 1.54) is 0 Å². The van der Waals surface area contributed by atoms with Crippen molar-refractivity contribution in [3.8, 4) is 0 Å². The Hall–Kier alpha value is -0.870. The monoisotopic (exact) mass is 244 g/mol. The predicted molar refractivity (Wildman–Crippen MR) is 66.6 cm³/mol. The highest BCUT2D eigenvalue weighted by atomic mass is 16.5. The number of ether oxygens (including phenoxy) is 1. The van der Waals surface area contributed by atoms with Gasteiger partial charge in [-0.05, 0) is 32.3 Å². The molecule has 1 atom stereocenters. The zero-order valence-corrected chi connectivity index (χ0v) is 11.0. The van der Waals surface area contributed by atoms with Gasteiger partial charge >= 0.3 is 5.97 Å². The summed E-state index contributed by atoms with van der Waals surface area (Å²) in [5, 5.41) is 18.7. The third kappa shape index (κ3) is 5.84. The standard InChI is InChI=1S/C13H24O4/c1-4-6-7-11(12(15)8-9-14)10(3)13(16)17-5-2/h12,14-15H,4-9H2,1-3H3. The molecule has 0 radical (unpaired) electrons.